The highest BCUT2D eigenvalue weighted by Gasteiger charge is 2.26. The largest absolute Gasteiger partial charge is 0.324 e. The van der Waals surface area contributed by atoms with E-state index in [0.717, 1.165) is 26.4 Å². The molecule has 0 spiro atoms. The molecule has 1 fully saturated rings. The van der Waals surface area contributed by atoms with Crippen LogP contribution in [-0.2, 0) is 0 Å². The standard InChI is InChI=1S/C21H24F2N6OS/c1-13-26-27-20(31-13)14-3-4-15-11-24-19(10-16(15)9-14)25-21(30)29-7-5-17(6-8-29)28(2)12-18(22)23/h3-4,9-11,17-18H,5-8,12H2,1-2H3,(H,24,25,30). The molecule has 3 aromatic rings. The summed E-state index contributed by atoms with van der Waals surface area (Å²) in [4.78, 5) is 20.4. The van der Waals surface area contributed by atoms with E-state index in [1.807, 2.05) is 31.2 Å². The van der Waals surface area contributed by atoms with E-state index in [2.05, 4.69) is 20.5 Å². The van der Waals surface area contributed by atoms with Crippen LogP contribution in [0.25, 0.3) is 21.3 Å². The third kappa shape index (κ3) is 5.13. The number of hydrogen-bond donors (Lipinski definition) is 1. The second kappa shape index (κ2) is 9.19. The Bertz CT molecular complexity index is 1070. The third-order valence-corrected chi connectivity index (χ3v) is 6.42. The molecule has 2 amide bonds. The predicted octanol–water partition coefficient (Wildman–Crippen LogP) is 4.25. The van der Waals surface area contributed by atoms with E-state index in [-0.39, 0.29) is 18.6 Å². The number of aromatic nitrogens is 3. The number of carbonyl (C=O) groups is 1. The van der Waals surface area contributed by atoms with Gasteiger partial charge < -0.3 is 4.90 Å². The highest BCUT2D eigenvalue weighted by Crippen LogP contribution is 2.27. The fourth-order valence-corrected chi connectivity index (χ4v) is 4.51. The lowest BCUT2D eigenvalue weighted by Gasteiger charge is -2.36. The van der Waals surface area contributed by atoms with Crippen LogP contribution in [0.4, 0.5) is 19.4 Å². The Hall–Kier alpha value is -2.72. The van der Waals surface area contributed by atoms with Crippen LogP contribution in [0.3, 0.4) is 0 Å². The molecule has 1 aromatic carbocycles. The summed E-state index contributed by atoms with van der Waals surface area (Å²) in [6, 6.07) is 7.65. The predicted molar refractivity (Wildman–Crippen MR) is 118 cm³/mol. The lowest BCUT2D eigenvalue weighted by Crippen LogP contribution is -2.47. The summed E-state index contributed by atoms with van der Waals surface area (Å²) in [5.74, 6) is 0.472. The number of nitrogens with zero attached hydrogens (tertiary/aromatic N) is 5. The summed E-state index contributed by atoms with van der Waals surface area (Å²) in [6.45, 7) is 2.73. The molecule has 2 aromatic heterocycles. The van der Waals surface area contributed by atoms with Crippen molar-refractivity contribution in [3.8, 4) is 10.6 Å². The number of hydrogen-bond acceptors (Lipinski definition) is 6. The third-order valence-electron chi connectivity index (χ3n) is 5.53. The molecule has 7 nitrogen and oxygen atoms in total. The monoisotopic (exact) mass is 446 g/mol. The smallest absolute Gasteiger partial charge is 0.323 e. The van der Waals surface area contributed by atoms with Crippen LogP contribution < -0.4 is 5.32 Å². The van der Waals surface area contributed by atoms with Gasteiger partial charge >= 0.3 is 6.03 Å². The molecule has 31 heavy (non-hydrogen) atoms. The van der Waals surface area contributed by atoms with Gasteiger partial charge in [0.1, 0.15) is 15.8 Å². The van der Waals surface area contributed by atoms with Gasteiger partial charge in [-0.1, -0.05) is 23.5 Å². The Morgan fingerprint density at radius 3 is 2.71 bits per heavy atom. The van der Waals surface area contributed by atoms with Gasteiger partial charge in [0.15, 0.2) is 0 Å². The van der Waals surface area contributed by atoms with Crippen molar-refractivity contribution in [2.75, 3.05) is 32.0 Å². The molecule has 164 valence electrons. The highest BCUT2D eigenvalue weighted by molar-refractivity contribution is 7.14. The van der Waals surface area contributed by atoms with Crippen LogP contribution in [-0.4, -0.2) is 70.2 Å². The van der Waals surface area contributed by atoms with Crippen LogP contribution in [0.15, 0.2) is 30.5 Å². The Kier molecular flexibility index (Phi) is 6.38. The maximum Gasteiger partial charge on any atom is 0.323 e. The summed E-state index contributed by atoms with van der Waals surface area (Å²) in [5.41, 5.74) is 0.969. The molecular weight excluding hydrogens is 422 g/mol. The number of nitrogens with one attached hydrogen (secondary N) is 1. The van der Waals surface area contributed by atoms with E-state index in [9.17, 15) is 13.6 Å². The number of urea groups is 1. The van der Waals surface area contributed by atoms with Crippen molar-refractivity contribution in [1.29, 1.82) is 0 Å². The van der Waals surface area contributed by atoms with Crippen LogP contribution in [0.1, 0.15) is 17.8 Å². The van der Waals surface area contributed by atoms with Crippen LogP contribution >= 0.6 is 11.3 Å². The van der Waals surface area contributed by atoms with Crippen molar-refractivity contribution in [1.82, 2.24) is 25.0 Å². The lowest BCUT2D eigenvalue weighted by molar-refractivity contribution is 0.0628. The SMILES string of the molecule is Cc1nnc(-c2ccc3cnc(NC(=O)N4CCC(N(C)CC(F)F)CC4)cc3c2)s1. The average Bonchev–Trinajstić information content (AvgIpc) is 3.19. The first-order valence-corrected chi connectivity index (χ1v) is 11.0. The van der Waals surface area contributed by atoms with Crippen molar-refractivity contribution in [2.45, 2.75) is 32.2 Å². The van der Waals surface area contributed by atoms with Crippen molar-refractivity contribution < 1.29 is 13.6 Å². The van der Waals surface area contributed by atoms with Gasteiger partial charge in [-0.05, 0) is 44.3 Å². The molecule has 0 bridgehead atoms. The van der Waals surface area contributed by atoms with E-state index in [4.69, 9.17) is 0 Å². The molecule has 1 aliphatic heterocycles. The van der Waals surface area contributed by atoms with Crippen LogP contribution in [0.2, 0.25) is 0 Å². The minimum atomic E-state index is -2.35. The zero-order chi connectivity index (χ0) is 22.0. The molecule has 1 saturated heterocycles. The minimum Gasteiger partial charge on any atom is -0.324 e. The lowest BCUT2D eigenvalue weighted by atomic mass is 10.0. The number of anilines is 1. The number of fused-ring (bicyclic) bond motifs is 1. The number of halogens is 2. The van der Waals surface area contributed by atoms with Gasteiger partial charge in [0.05, 0.1) is 6.54 Å². The first kappa shape index (κ1) is 21.5. The van der Waals surface area contributed by atoms with E-state index >= 15 is 0 Å². The van der Waals surface area contributed by atoms with E-state index in [0.29, 0.717) is 31.7 Å². The number of rotatable bonds is 5. The summed E-state index contributed by atoms with van der Waals surface area (Å²) in [7, 11) is 1.71. The molecule has 1 aliphatic rings. The van der Waals surface area contributed by atoms with Gasteiger partial charge in [-0.25, -0.2) is 18.6 Å². The molecule has 0 aliphatic carbocycles. The maximum atomic E-state index is 12.7. The number of alkyl halides is 2. The second-order valence-corrected chi connectivity index (χ2v) is 8.92. The van der Waals surface area contributed by atoms with Gasteiger partial charge in [0, 0.05) is 36.3 Å². The van der Waals surface area contributed by atoms with Crippen molar-refractivity contribution in [2.24, 2.45) is 0 Å². The zero-order valence-electron chi connectivity index (χ0n) is 17.4. The van der Waals surface area contributed by atoms with Crippen molar-refractivity contribution in [3.05, 3.63) is 35.5 Å². The number of pyridine rings is 1. The number of likely N-dealkylation sites (tertiary alicyclic amines) is 1. The Labute approximate surface area is 183 Å². The van der Waals surface area contributed by atoms with Gasteiger partial charge in [-0.2, -0.15) is 0 Å². The van der Waals surface area contributed by atoms with Gasteiger partial charge in [0.25, 0.3) is 6.43 Å². The molecule has 0 radical (unpaired) electrons. The van der Waals surface area contributed by atoms with E-state index < -0.39 is 6.43 Å². The summed E-state index contributed by atoms with van der Waals surface area (Å²) in [5, 5.41) is 14.8. The summed E-state index contributed by atoms with van der Waals surface area (Å²) in [6.07, 6.45) is 0.728. The molecule has 0 atom stereocenters. The fraction of sp³-hybridized carbons (Fsp3) is 0.429. The number of amides is 2. The molecular formula is C21H24F2N6OS. The molecule has 10 heteroatoms. The van der Waals surface area contributed by atoms with Crippen molar-refractivity contribution in [3.63, 3.8) is 0 Å². The average molecular weight is 447 g/mol. The maximum absolute atomic E-state index is 12.7. The topological polar surface area (TPSA) is 74.2 Å². The Morgan fingerprint density at radius 2 is 2.03 bits per heavy atom. The quantitative estimate of drug-likeness (QED) is 0.634. The number of aryl methyl sites for hydroxylation is 1. The van der Waals surface area contributed by atoms with Crippen molar-refractivity contribution >= 4 is 34.0 Å². The number of piperidine rings is 1. The minimum absolute atomic E-state index is 0.0688. The van der Waals surface area contributed by atoms with Gasteiger partial charge in [-0.3, -0.25) is 10.2 Å². The van der Waals surface area contributed by atoms with Crippen LogP contribution in [0, 0.1) is 6.92 Å². The second-order valence-electron chi connectivity index (χ2n) is 7.74. The fourth-order valence-electron chi connectivity index (χ4n) is 3.82. The number of carbonyl (C=O) groups excluding carboxylic acids is 1. The molecule has 3 heterocycles. The van der Waals surface area contributed by atoms with Gasteiger partial charge in [0.2, 0.25) is 0 Å². The van der Waals surface area contributed by atoms with E-state index in [1.165, 1.54) is 11.3 Å². The number of benzene rings is 1. The highest BCUT2D eigenvalue weighted by atomic mass is 32.1. The first-order valence-electron chi connectivity index (χ1n) is 10.1. The normalized spacial score (nSPS) is 15.2. The molecule has 0 unspecified atom stereocenters. The molecule has 4 rings (SSSR count). The summed E-state index contributed by atoms with van der Waals surface area (Å²) < 4.78 is 25.2. The first-order chi connectivity index (χ1) is 14.9. The molecule has 1 N–H and O–H groups in total. The zero-order valence-corrected chi connectivity index (χ0v) is 18.2. The Balaban J connectivity index is 1.41. The van der Waals surface area contributed by atoms with Crippen LogP contribution in [0.5, 0.6) is 0 Å². The van der Waals surface area contributed by atoms with Gasteiger partial charge in [-0.15, -0.1) is 10.2 Å². The van der Waals surface area contributed by atoms with E-state index in [1.54, 1.807) is 23.0 Å². The summed E-state index contributed by atoms with van der Waals surface area (Å²) >= 11 is 1.53. The molecule has 0 saturated carbocycles. The Morgan fingerprint density at radius 1 is 1.26 bits per heavy atom.